The number of nitrogens with zero attached hydrogens (tertiary/aromatic N) is 2. The number of nitrogens with one attached hydrogen (secondary N) is 1. The molecular formula is C23H26N4O. The average molecular weight is 374 g/mol. The number of amidine groups is 1. The summed E-state index contributed by atoms with van der Waals surface area (Å²) in [5.41, 5.74) is 10.2. The van der Waals surface area contributed by atoms with Crippen molar-refractivity contribution in [2.45, 2.75) is 26.7 Å². The van der Waals surface area contributed by atoms with Gasteiger partial charge in [0, 0.05) is 30.1 Å². The second-order valence-electron chi connectivity index (χ2n) is 6.32. The maximum absolute atomic E-state index is 10.2. The summed E-state index contributed by atoms with van der Waals surface area (Å²) in [5, 5.41) is 17.9. The van der Waals surface area contributed by atoms with Crippen LogP contribution in [0.1, 0.15) is 25.8 Å². The summed E-state index contributed by atoms with van der Waals surface area (Å²) in [6, 6.07) is 13.8. The van der Waals surface area contributed by atoms with Crippen LogP contribution in [0.15, 0.2) is 88.9 Å². The molecule has 0 aliphatic carbocycles. The van der Waals surface area contributed by atoms with Crippen molar-refractivity contribution in [1.82, 2.24) is 4.98 Å². The van der Waals surface area contributed by atoms with E-state index in [4.69, 9.17) is 11.1 Å². The minimum Gasteiger partial charge on any atom is -0.508 e. The van der Waals surface area contributed by atoms with Crippen molar-refractivity contribution in [2.24, 2.45) is 10.7 Å². The van der Waals surface area contributed by atoms with E-state index in [0.717, 1.165) is 23.2 Å². The molecule has 2 rings (SSSR count). The van der Waals surface area contributed by atoms with Crippen LogP contribution in [-0.4, -0.2) is 22.1 Å². The second kappa shape index (κ2) is 10.6. The smallest absolute Gasteiger partial charge is 0.143 e. The molecule has 0 spiro atoms. The van der Waals surface area contributed by atoms with E-state index in [-0.39, 0.29) is 11.6 Å². The molecular weight excluding hydrogens is 348 g/mol. The van der Waals surface area contributed by atoms with E-state index < -0.39 is 0 Å². The van der Waals surface area contributed by atoms with Crippen molar-refractivity contribution in [2.75, 3.05) is 0 Å². The predicted octanol–water partition coefficient (Wildman–Crippen LogP) is 4.98. The molecule has 1 aromatic heterocycles. The Kier molecular flexibility index (Phi) is 7.91. The molecule has 0 atom stereocenters. The predicted molar refractivity (Wildman–Crippen MR) is 117 cm³/mol. The molecule has 2 aromatic rings. The number of nitrogens with two attached hydrogens (primary N) is 1. The number of pyridine rings is 1. The summed E-state index contributed by atoms with van der Waals surface area (Å²) in [7, 11) is 0. The van der Waals surface area contributed by atoms with E-state index in [0.29, 0.717) is 17.7 Å². The van der Waals surface area contributed by atoms with Crippen LogP contribution in [0.2, 0.25) is 0 Å². The number of aromatic nitrogens is 1. The van der Waals surface area contributed by atoms with Gasteiger partial charge in [-0.3, -0.25) is 10.4 Å². The highest BCUT2D eigenvalue weighted by Gasteiger charge is 2.03. The zero-order valence-electron chi connectivity index (χ0n) is 16.3. The van der Waals surface area contributed by atoms with Gasteiger partial charge in [0.05, 0.1) is 5.69 Å². The lowest BCUT2D eigenvalue weighted by atomic mass is 10.0. The Labute approximate surface area is 166 Å². The maximum Gasteiger partial charge on any atom is 0.143 e. The third-order valence-corrected chi connectivity index (χ3v) is 3.93. The van der Waals surface area contributed by atoms with Gasteiger partial charge in [-0.25, -0.2) is 4.99 Å². The molecule has 4 N–H and O–H groups in total. The minimum atomic E-state index is 0.0712. The molecule has 0 bridgehead atoms. The van der Waals surface area contributed by atoms with Crippen molar-refractivity contribution >= 4 is 12.1 Å². The van der Waals surface area contributed by atoms with E-state index in [1.165, 1.54) is 6.08 Å². The molecule has 0 saturated carbocycles. The standard InChI is InChI=1S/C23H26N4O/c1-3-12-27-23(25)11-10-17(2)22(28)16-20(24)15-18-7-6-8-19(14-18)21-9-4-5-13-26-21/h4-14,16,25,28H,3,15,24H2,1-2H3/b11-10-,20-16-,22-17+,25-23?,27-12?. The van der Waals surface area contributed by atoms with Gasteiger partial charge in [-0.05, 0) is 54.8 Å². The quantitative estimate of drug-likeness (QED) is 0.276. The molecule has 1 heterocycles. The molecule has 5 heteroatoms. The number of allylic oxidation sites excluding steroid dienone is 4. The van der Waals surface area contributed by atoms with Crippen LogP contribution in [-0.2, 0) is 6.42 Å². The Balaban J connectivity index is 2.10. The van der Waals surface area contributed by atoms with E-state index >= 15 is 0 Å². The van der Waals surface area contributed by atoms with Crippen LogP contribution < -0.4 is 5.73 Å². The second-order valence-corrected chi connectivity index (χ2v) is 6.32. The lowest BCUT2D eigenvalue weighted by Gasteiger charge is -2.06. The van der Waals surface area contributed by atoms with Gasteiger partial charge in [-0.2, -0.15) is 0 Å². The van der Waals surface area contributed by atoms with Crippen LogP contribution in [0.4, 0.5) is 0 Å². The number of hydrogen-bond acceptors (Lipinski definition) is 4. The number of aliphatic hydroxyl groups is 1. The maximum atomic E-state index is 10.2. The van der Waals surface area contributed by atoms with Gasteiger partial charge in [0.25, 0.3) is 0 Å². The molecule has 0 radical (unpaired) electrons. The topological polar surface area (TPSA) is 95.3 Å². The number of hydrogen-bond donors (Lipinski definition) is 3. The summed E-state index contributed by atoms with van der Waals surface area (Å²) in [6.45, 7) is 3.71. The molecule has 0 aliphatic heterocycles. The van der Waals surface area contributed by atoms with E-state index in [1.807, 2.05) is 49.4 Å². The molecule has 0 saturated heterocycles. The average Bonchev–Trinajstić information content (AvgIpc) is 2.71. The number of benzene rings is 1. The highest BCUT2D eigenvalue weighted by Crippen LogP contribution is 2.19. The first-order chi connectivity index (χ1) is 13.5. The molecule has 144 valence electrons. The lowest BCUT2D eigenvalue weighted by molar-refractivity contribution is 0.426. The zero-order chi connectivity index (χ0) is 20.4. The first kappa shape index (κ1) is 20.8. The summed E-state index contributed by atoms with van der Waals surface area (Å²) in [4.78, 5) is 8.31. The largest absolute Gasteiger partial charge is 0.508 e. The van der Waals surface area contributed by atoms with Gasteiger partial charge in [-0.15, -0.1) is 0 Å². The highest BCUT2D eigenvalue weighted by molar-refractivity contribution is 5.96. The van der Waals surface area contributed by atoms with E-state index in [1.54, 1.807) is 31.5 Å². The molecule has 0 fully saturated rings. The van der Waals surface area contributed by atoms with E-state index in [2.05, 4.69) is 9.98 Å². The Morgan fingerprint density at radius 2 is 2.04 bits per heavy atom. The van der Waals surface area contributed by atoms with Gasteiger partial charge in [0.15, 0.2) is 0 Å². The Morgan fingerprint density at radius 3 is 2.75 bits per heavy atom. The Morgan fingerprint density at radius 1 is 1.21 bits per heavy atom. The fraction of sp³-hybridized carbons (Fsp3) is 0.174. The van der Waals surface area contributed by atoms with Crippen molar-refractivity contribution in [3.8, 4) is 11.3 Å². The van der Waals surface area contributed by atoms with Gasteiger partial charge in [-0.1, -0.05) is 37.3 Å². The Bertz CT molecular complexity index is 925. The zero-order valence-corrected chi connectivity index (χ0v) is 16.3. The van der Waals surface area contributed by atoms with Crippen molar-refractivity contribution in [3.63, 3.8) is 0 Å². The summed E-state index contributed by atoms with van der Waals surface area (Å²) < 4.78 is 0. The summed E-state index contributed by atoms with van der Waals surface area (Å²) in [5.74, 6) is 0.208. The molecule has 1 aromatic carbocycles. The third kappa shape index (κ3) is 6.68. The van der Waals surface area contributed by atoms with Crippen LogP contribution in [0.25, 0.3) is 11.3 Å². The number of aliphatic hydroxyl groups excluding tert-OH is 1. The van der Waals surface area contributed by atoms with Gasteiger partial charge in [0.2, 0.25) is 0 Å². The summed E-state index contributed by atoms with van der Waals surface area (Å²) in [6.07, 6.45) is 9.46. The Hall–Kier alpha value is -3.47. The van der Waals surface area contributed by atoms with Crippen molar-refractivity contribution in [1.29, 1.82) is 5.41 Å². The molecule has 0 aliphatic rings. The SMILES string of the molecule is CCC=NC(=N)\C=C/C(C)=C(O)\C=C(/N)Cc1cccc(-c2ccccn2)c1. The summed E-state index contributed by atoms with van der Waals surface area (Å²) >= 11 is 0. The monoisotopic (exact) mass is 374 g/mol. The molecule has 5 nitrogen and oxygen atoms in total. The minimum absolute atomic E-state index is 0.0712. The van der Waals surface area contributed by atoms with Crippen molar-refractivity contribution < 1.29 is 5.11 Å². The highest BCUT2D eigenvalue weighted by atomic mass is 16.3. The van der Waals surface area contributed by atoms with Crippen LogP contribution in [0, 0.1) is 5.41 Å². The molecule has 28 heavy (non-hydrogen) atoms. The fourth-order valence-corrected chi connectivity index (χ4v) is 2.47. The van der Waals surface area contributed by atoms with Gasteiger partial charge in [0.1, 0.15) is 11.6 Å². The third-order valence-electron chi connectivity index (χ3n) is 3.93. The molecule has 0 unspecified atom stereocenters. The lowest BCUT2D eigenvalue weighted by Crippen LogP contribution is -2.02. The van der Waals surface area contributed by atoms with E-state index in [9.17, 15) is 5.11 Å². The normalized spacial score (nSPS) is 13.1. The fourth-order valence-electron chi connectivity index (χ4n) is 2.47. The first-order valence-electron chi connectivity index (χ1n) is 9.15. The van der Waals surface area contributed by atoms with Crippen LogP contribution in [0.5, 0.6) is 0 Å². The van der Waals surface area contributed by atoms with Gasteiger partial charge >= 0.3 is 0 Å². The van der Waals surface area contributed by atoms with Gasteiger partial charge < -0.3 is 10.8 Å². The first-order valence-corrected chi connectivity index (χ1v) is 9.15. The van der Waals surface area contributed by atoms with Crippen molar-refractivity contribution in [3.05, 3.63) is 89.5 Å². The number of rotatable bonds is 7. The molecule has 0 amide bonds. The van der Waals surface area contributed by atoms with Crippen LogP contribution >= 0.6 is 0 Å². The number of aliphatic imine (C=N–C) groups is 1. The van der Waals surface area contributed by atoms with Crippen LogP contribution in [0.3, 0.4) is 0 Å².